The van der Waals surface area contributed by atoms with Gasteiger partial charge in [-0.1, -0.05) is 31.6 Å². The highest BCUT2D eigenvalue weighted by Gasteiger charge is 2.21. The van der Waals surface area contributed by atoms with Crippen molar-refractivity contribution < 1.29 is 9.66 Å². The van der Waals surface area contributed by atoms with E-state index in [4.69, 9.17) is 4.74 Å². The molecule has 1 rings (SSSR count). The third-order valence-electron chi connectivity index (χ3n) is 2.29. The highest BCUT2D eigenvalue weighted by atomic mass is 28.3. The van der Waals surface area contributed by atoms with Gasteiger partial charge < -0.3 is 4.74 Å². The van der Waals surface area contributed by atoms with Gasteiger partial charge in [-0.25, -0.2) is 0 Å². The van der Waals surface area contributed by atoms with Gasteiger partial charge in [0.25, 0.3) is 0 Å². The van der Waals surface area contributed by atoms with E-state index < -0.39 is 13.0 Å². The fraction of sp³-hybridized carbons (Fsp3) is 0.385. The molecule has 0 aliphatic rings. The molecule has 5 heteroatoms. The molecule has 0 unspecified atom stereocenters. The van der Waals surface area contributed by atoms with Crippen LogP contribution < -0.4 is 4.74 Å². The van der Waals surface area contributed by atoms with Gasteiger partial charge in [-0.15, -0.1) is 5.54 Å². The Hall–Kier alpha value is -1.80. The molecule has 96 valence electrons. The summed E-state index contributed by atoms with van der Waals surface area (Å²) in [5.74, 6) is 3.26. The van der Waals surface area contributed by atoms with Crippen molar-refractivity contribution in [2.45, 2.75) is 26.6 Å². The van der Waals surface area contributed by atoms with Gasteiger partial charge in [0.15, 0.2) is 0 Å². The topological polar surface area (TPSA) is 52.4 Å². The fourth-order valence-corrected chi connectivity index (χ4v) is 1.97. The van der Waals surface area contributed by atoms with Crippen LogP contribution in [0.15, 0.2) is 12.1 Å². The Bertz CT molecular complexity index is 536. The predicted molar refractivity (Wildman–Crippen MR) is 74.6 cm³/mol. The van der Waals surface area contributed by atoms with Crippen LogP contribution in [-0.2, 0) is 0 Å². The van der Waals surface area contributed by atoms with Crippen molar-refractivity contribution in [1.82, 2.24) is 0 Å². The molecule has 0 spiro atoms. The molecule has 0 atom stereocenters. The molecule has 0 saturated carbocycles. The Morgan fingerprint density at radius 1 is 1.33 bits per heavy atom. The number of hydrogen-bond donors (Lipinski definition) is 0. The Labute approximate surface area is 108 Å². The number of ether oxygens (including phenoxy) is 1. The summed E-state index contributed by atoms with van der Waals surface area (Å²) in [5, 5.41) is 11.0. The van der Waals surface area contributed by atoms with Crippen molar-refractivity contribution in [1.29, 1.82) is 0 Å². The number of rotatable bonds is 2. The molecule has 0 amide bonds. The van der Waals surface area contributed by atoms with Crippen LogP contribution in [0, 0.1) is 28.5 Å². The Balaban J connectivity index is 3.42. The minimum absolute atomic E-state index is 0.000115. The van der Waals surface area contributed by atoms with Gasteiger partial charge in [0.2, 0.25) is 5.75 Å². The second-order valence-electron chi connectivity index (χ2n) is 5.07. The van der Waals surface area contributed by atoms with Gasteiger partial charge in [0, 0.05) is 5.56 Å². The first-order valence-corrected chi connectivity index (χ1v) is 9.11. The first-order valence-electron chi connectivity index (χ1n) is 5.61. The molecule has 0 bridgehead atoms. The van der Waals surface area contributed by atoms with Crippen molar-refractivity contribution in [3.63, 3.8) is 0 Å². The van der Waals surface area contributed by atoms with Gasteiger partial charge in [-0.05, 0) is 13.0 Å². The summed E-state index contributed by atoms with van der Waals surface area (Å²) in [4.78, 5) is 10.6. The second kappa shape index (κ2) is 5.23. The summed E-state index contributed by atoms with van der Waals surface area (Å²) >= 11 is 0. The zero-order valence-corrected chi connectivity index (χ0v) is 12.3. The molecule has 0 fully saturated rings. The third-order valence-corrected chi connectivity index (χ3v) is 3.17. The Kier molecular flexibility index (Phi) is 4.14. The van der Waals surface area contributed by atoms with Gasteiger partial charge in [-0.2, -0.15) is 0 Å². The van der Waals surface area contributed by atoms with E-state index in [1.54, 1.807) is 19.1 Å². The maximum absolute atomic E-state index is 11.0. The number of benzene rings is 1. The number of methoxy groups -OCH3 is 1. The minimum Gasteiger partial charge on any atom is -0.489 e. The molecule has 0 heterocycles. The Morgan fingerprint density at radius 2 is 1.94 bits per heavy atom. The van der Waals surface area contributed by atoms with Crippen molar-refractivity contribution in [2.75, 3.05) is 7.11 Å². The van der Waals surface area contributed by atoms with Crippen LogP contribution in [0.2, 0.25) is 19.6 Å². The molecular formula is C13H17NO3Si. The first kappa shape index (κ1) is 14.3. The lowest BCUT2D eigenvalue weighted by molar-refractivity contribution is -0.386. The molecule has 4 nitrogen and oxygen atoms in total. The van der Waals surface area contributed by atoms with Gasteiger partial charge in [-0.3, -0.25) is 10.1 Å². The second-order valence-corrected chi connectivity index (χ2v) is 9.82. The number of aryl methyl sites for hydroxylation is 1. The zero-order valence-electron chi connectivity index (χ0n) is 11.3. The highest BCUT2D eigenvalue weighted by molar-refractivity contribution is 6.83. The van der Waals surface area contributed by atoms with Crippen LogP contribution in [0.1, 0.15) is 11.1 Å². The van der Waals surface area contributed by atoms with Gasteiger partial charge in [0.1, 0.15) is 8.07 Å². The van der Waals surface area contributed by atoms with Crippen molar-refractivity contribution in [3.05, 3.63) is 33.4 Å². The molecule has 0 saturated heterocycles. The first-order chi connectivity index (χ1) is 8.26. The summed E-state index contributed by atoms with van der Waals surface area (Å²) in [6, 6.07) is 3.48. The third kappa shape index (κ3) is 3.34. The number of hydrogen-bond acceptors (Lipinski definition) is 3. The van der Waals surface area contributed by atoms with Crippen LogP contribution in [0.5, 0.6) is 5.75 Å². The predicted octanol–water partition coefficient (Wildman–Crippen LogP) is 3.14. The average molecular weight is 263 g/mol. The van der Waals surface area contributed by atoms with Crippen molar-refractivity contribution >= 4 is 13.8 Å². The monoisotopic (exact) mass is 263 g/mol. The zero-order chi connectivity index (χ0) is 13.9. The van der Waals surface area contributed by atoms with Crippen LogP contribution in [0.4, 0.5) is 5.69 Å². The number of nitro benzene ring substituents is 1. The molecule has 1 aromatic carbocycles. The fourth-order valence-electron chi connectivity index (χ4n) is 1.46. The van der Waals surface area contributed by atoms with E-state index in [1.165, 1.54) is 7.11 Å². The van der Waals surface area contributed by atoms with E-state index in [1.807, 2.05) is 0 Å². The number of nitrogens with zero attached hydrogens (tertiary/aromatic N) is 1. The SMILES string of the molecule is COc1c(C#C[Si](C)(C)C)ccc(C)c1[N+](=O)[O-]. The van der Waals surface area contributed by atoms with Crippen LogP contribution >= 0.6 is 0 Å². The molecule has 0 radical (unpaired) electrons. The summed E-state index contributed by atoms with van der Waals surface area (Å²) in [6.07, 6.45) is 0. The van der Waals surface area contributed by atoms with Gasteiger partial charge >= 0.3 is 5.69 Å². The Morgan fingerprint density at radius 3 is 2.39 bits per heavy atom. The molecule has 18 heavy (non-hydrogen) atoms. The lowest BCUT2D eigenvalue weighted by Crippen LogP contribution is -2.16. The summed E-state index contributed by atoms with van der Waals surface area (Å²) in [5.41, 5.74) is 4.34. The lowest BCUT2D eigenvalue weighted by Gasteiger charge is -2.07. The molecule has 0 aromatic heterocycles. The normalized spacial score (nSPS) is 10.5. The van der Waals surface area contributed by atoms with E-state index in [0.29, 0.717) is 11.1 Å². The van der Waals surface area contributed by atoms with Crippen LogP contribution in [0.3, 0.4) is 0 Å². The van der Waals surface area contributed by atoms with Crippen LogP contribution in [0.25, 0.3) is 0 Å². The van der Waals surface area contributed by atoms with E-state index in [-0.39, 0.29) is 11.4 Å². The standard InChI is InChI=1S/C13H17NO3Si/c1-10-6-7-11(8-9-18(3,4)5)13(17-2)12(10)14(15)16/h6-7H,1-5H3. The maximum atomic E-state index is 11.0. The van der Waals surface area contributed by atoms with Crippen molar-refractivity contribution in [3.8, 4) is 17.2 Å². The summed E-state index contributed by atoms with van der Waals surface area (Å²) in [6.45, 7) is 8.05. The summed E-state index contributed by atoms with van der Waals surface area (Å²) < 4.78 is 5.16. The molecule has 1 aromatic rings. The van der Waals surface area contributed by atoms with Crippen LogP contribution in [-0.4, -0.2) is 20.1 Å². The molecular weight excluding hydrogens is 246 g/mol. The van der Waals surface area contributed by atoms with Gasteiger partial charge in [0.05, 0.1) is 17.6 Å². The highest BCUT2D eigenvalue weighted by Crippen LogP contribution is 2.33. The number of nitro groups is 1. The molecule has 0 aliphatic heterocycles. The average Bonchev–Trinajstić information content (AvgIpc) is 2.24. The largest absolute Gasteiger partial charge is 0.489 e. The van der Waals surface area contributed by atoms with E-state index in [2.05, 4.69) is 31.1 Å². The summed E-state index contributed by atoms with van der Waals surface area (Å²) in [7, 11) is -0.0884. The smallest absolute Gasteiger partial charge is 0.315 e. The van der Waals surface area contributed by atoms with Crippen molar-refractivity contribution in [2.24, 2.45) is 0 Å². The molecule has 0 N–H and O–H groups in total. The molecule has 0 aliphatic carbocycles. The van der Waals surface area contributed by atoms with E-state index >= 15 is 0 Å². The van der Waals surface area contributed by atoms with E-state index in [9.17, 15) is 10.1 Å². The minimum atomic E-state index is -1.52. The quantitative estimate of drug-likeness (QED) is 0.356. The maximum Gasteiger partial charge on any atom is 0.315 e. The lowest BCUT2D eigenvalue weighted by atomic mass is 10.1. The van der Waals surface area contributed by atoms with E-state index in [0.717, 1.165) is 0 Å².